The second-order valence-electron chi connectivity index (χ2n) is 5.63. The predicted molar refractivity (Wildman–Crippen MR) is 80.7 cm³/mol. The molecule has 0 aliphatic heterocycles. The van der Waals surface area contributed by atoms with E-state index >= 15 is 0 Å². The highest BCUT2D eigenvalue weighted by Crippen LogP contribution is 2.39. The van der Waals surface area contributed by atoms with Crippen molar-refractivity contribution in [3.63, 3.8) is 0 Å². The molecule has 1 heterocycles. The molecule has 20 heavy (non-hydrogen) atoms. The molecule has 1 N–H and O–H groups in total. The van der Waals surface area contributed by atoms with E-state index in [0.29, 0.717) is 5.25 Å². The maximum atomic E-state index is 12.1. The van der Waals surface area contributed by atoms with Gasteiger partial charge in [0.2, 0.25) is 0 Å². The highest BCUT2D eigenvalue weighted by molar-refractivity contribution is 7.99. The number of esters is 1. The van der Waals surface area contributed by atoms with Gasteiger partial charge < -0.3 is 9.15 Å². The van der Waals surface area contributed by atoms with Crippen LogP contribution < -0.4 is 5.32 Å². The number of methoxy groups -OCH3 is 1. The topological polar surface area (TPSA) is 51.5 Å². The molecule has 4 nitrogen and oxygen atoms in total. The van der Waals surface area contributed by atoms with Crippen molar-refractivity contribution in [2.45, 2.75) is 55.7 Å². The largest absolute Gasteiger partial charge is 0.468 e. The van der Waals surface area contributed by atoms with Crippen molar-refractivity contribution in [3.05, 3.63) is 24.2 Å². The van der Waals surface area contributed by atoms with E-state index in [4.69, 9.17) is 9.15 Å². The van der Waals surface area contributed by atoms with Crippen LogP contribution in [-0.2, 0) is 15.3 Å². The third kappa shape index (κ3) is 3.58. The smallest absolute Gasteiger partial charge is 0.326 e. The zero-order chi connectivity index (χ0) is 14.6. The van der Waals surface area contributed by atoms with Gasteiger partial charge in [-0.1, -0.05) is 0 Å². The lowest BCUT2D eigenvalue weighted by atomic mass is 9.97. The SMILES string of the molecule is COC(=O)C1(NC(C)C)CCC(SCc2ccco2)C1. The molecule has 1 aromatic heterocycles. The lowest BCUT2D eigenvalue weighted by molar-refractivity contribution is -0.148. The van der Waals surface area contributed by atoms with Gasteiger partial charge >= 0.3 is 5.97 Å². The quantitative estimate of drug-likeness (QED) is 0.818. The van der Waals surface area contributed by atoms with Crippen molar-refractivity contribution in [2.24, 2.45) is 0 Å². The fourth-order valence-electron chi connectivity index (χ4n) is 2.86. The molecule has 2 unspecified atom stereocenters. The molecule has 0 aromatic carbocycles. The van der Waals surface area contributed by atoms with Crippen molar-refractivity contribution in [1.29, 1.82) is 0 Å². The summed E-state index contributed by atoms with van der Waals surface area (Å²) < 4.78 is 10.4. The van der Waals surface area contributed by atoms with E-state index in [2.05, 4.69) is 19.2 Å². The first-order chi connectivity index (χ1) is 9.55. The van der Waals surface area contributed by atoms with Crippen LogP contribution in [0, 0.1) is 0 Å². The molecule has 1 aliphatic carbocycles. The van der Waals surface area contributed by atoms with E-state index < -0.39 is 5.54 Å². The number of carbonyl (C=O) groups excluding carboxylic acids is 1. The lowest BCUT2D eigenvalue weighted by Gasteiger charge is -2.30. The first-order valence-corrected chi connectivity index (χ1v) is 8.11. The molecule has 2 rings (SSSR count). The summed E-state index contributed by atoms with van der Waals surface area (Å²) in [6.07, 6.45) is 4.39. The van der Waals surface area contributed by atoms with E-state index in [0.717, 1.165) is 30.8 Å². The fraction of sp³-hybridized carbons (Fsp3) is 0.667. The second-order valence-corrected chi connectivity index (χ2v) is 6.92. The molecule has 2 atom stereocenters. The maximum Gasteiger partial charge on any atom is 0.326 e. The predicted octanol–water partition coefficient (Wildman–Crippen LogP) is 2.98. The Balaban J connectivity index is 1.94. The number of furan rings is 1. The summed E-state index contributed by atoms with van der Waals surface area (Å²) in [7, 11) is 1.47. The highest BCUT2D eigenvalue weighted by Gasteiger charge is 2.46. The van der Waals surface area contributed by atoms with E-state index in [9.17, 15) is 4.79 Å². The molecule has 0 amide bonds. The minimum atomic E-state index is -0.510. The molecule has 1 saturated carbocycles. The number of carbonyl (C=O) groups is 1. The van der Waals surface area contributed by atoms with Crippen molar-refractivity contribution in [3.8, 4) is 0 Å². The molecular formula is C15H23NO3S. The number of rotatable bonds is 6. The first kappa shape index (κ1) is 15.4. The molecule has 1 aliphatic rings. The summed E-state index contributed by atoms with van der Waals surface area (Å²) in [5.41, 5.74) is -0.510. The summed E-state index contributed by atoms with van der Waals surface area (Å²) in [6, 6.07) is 4.16. The summed E-state index contributed by atoms with van der Waals surface area (Å²) >= 11 is 1.86. The Bertz CT molecular complexity index is 432. The normalized spacial score (nSPS) is 26.1. The van der Waals surface area contributed by atoms with Crippen LogP contribution in [0.3, 0.4) is 0 Å². The van der Waals surface area contributed by atoms with Crippen molar-refractivity contribution < 1.29 is 13.9 Å². The molecule has 1 fully saturated rings. The second kappa shape index (κ2) is 6.68. The minimum absolute atomic E-state index is 0.132. The van der Waals surface area contributed by atoms with E-state index in [1.165, 1.54) is 7.11 Å². The van der Waals surface area contributed by atoms with Crippen LogP contribution >= 0.6 is 11.8 Å². The highest BCUT2D eigenvalue weighted by atomic mass is 32.2. The van der Waals surface area contributed by atoms with Crippen LogP contribution in [-0.4, -0.2) is 29.9 Å². The average Bonchev–Trinajstić information content (AvgIpc) is 3.05. The lowest BCUT2D eigenvalue weighted by Crippen LogP contribution is -2.53. The Kier molecular flexibility index (Phi) is 5.16. The van der Waals surface area contributed by atoms with Gasteiger partial charge in [-0.15, -0.1) is 0 Å². The van der Waals surface area contributed by atoms with E-state index in [1.807, 2.05) is 23.9 Å². The third-order valence-corrected chi connectivity index (χ3v) is 4.98. The van der Waals surface area contributed by atoms with Gasteiger partial charge in [0.1, 0.15) is 11.3 Å². The zero-order valence-electron chi connectivity index (χ0n) is 12.3. The Morgan fingerprint density at radius 3 is 3.05 bits per heavy atom. The molecule has 112 valence electrons. The number of ether oxygens (including phenoxy) is 1. The molecule has 0 spiro atoms. The van der Waals surface area contributed by atoms with Gasteiger partial charge in [0, 0.05) is 11.3 Å². The molecule has 1 aromatic rings. The Morgan fingerprint density at radius 2 is 2.45 bits per heavy atom. The number of hydrogen-bond acceptors (Lipinski definition) is 5. The summed E-state index contributed by atoms with van der Waals surface area (Å²) in [4.78, 5) is 12.1. The first-order valence-electron chi connectivity index (χ1n) is 7.06. The molecule has 5 heteroatoms. The number of nitrogens with one attached hydrogen (secondary N) is 1. The van der Waals surface area contributed by atoms with E-state index in [-0.39, 0.29) is 12.0 Å². The van der Waals surface area contributed by atoms with Crippen LogP contribution in [0.4, 0.5) is 0 Å². The van der Waals surface area contributed by atoms with Gasteiger partial charge in [0.05, 0.1) is 19.1 Å². The molecular weight excluding hydrogens is 274 g/mol. The zero-order valence-corrected chi connectivity index (χ0v) is 13.2. The standard InChI is InChI=1S/C15H23NO3S/c1-11(2)16-15(14(17)18-3)7-6-13(9-15)20-10-12-5-4-8-19-12/h4-5,8,11,13,16H,6-7,9-10H2,1-3H3. The minimum Gasteiger partial charge on any atom is -0.468 e. The monoisotopic (exact) mass is 297 g/mol. The van der Waals surface area contributed by atoms with Gasteiger partial charge in [-0.2, -0.15) is 11.8 Å². The van der Waals surface area contributed by atoms with Crippen LogP contribution in [0.2, 0.25) is 0 Å². The fourth-order valence-corrected chi connectivity index (χ4v) is 4.11. The Morgan fingerprint density at radius 1 is 1.65 bits per heavy atom. The Hall–Kier alpha value is -0.940. The van der Waals surface area contributed by atoms with Crippen LogP contribution in [0.15, 0.2) is 22.8 Å². The van der Waals surface area contributed by atoms with Crippen LogP contribution in [0.1, 0.15) is 38.9 Å². The van der Waals surface area contributed by atoms with Crippen LogP contribution in [0.25, 0.3) is 0 Å². The van der Waals surface area contributed by atoms with Gasteiger partial charge in [-0.05, 0) is 45.2 Å². The van der Waals surface area contributed by atoms with Gasteiger partial charge in [0.15, 0.2) is 0 Å². The molecule has 0 saturated heterocycles. The van der Waals surface area contributed by atoms with Crippen molar-refractivity contribution in [1.82, 2.24) is 5.32 Å². The van der Waals surface area contributed by atoms with Crippen molar-refractivity contribution >= 4 is 17.7 Å². The van der Waals surface area contributed by atoms with E-state index in [1.54, 1.807) is 6.26 Å². The van der Waals surface area contributed by atoms with Crippen LogP contribution in [0.5, 0.6) is 0 Å². The van der Waals surface area contributed by atoms with Gasteiger partial charge in [0.25, 0.3) is 0 Å². The number of thioether (sulfide) groups is 1. The summed E-state index contributed by atoms with van der Waals surface area (Å²) in [5.74, 6) is 1.71. The maximum absolute atomic E-state index is 12.1. The third-order valence-electron chi connectivity index (χ3n) is 3.65. The molecule has 0 radical (unpaired) electrons. The average molecular weight is 297 g/mol. The van der Waals surface area contributed by atoms with Crippen molar-refractivity contribution in [2.75, 3.05) is 7.11 Å². The molecule has 0 bridgehead atoms. The Labute approximate surface area is 124 Å². The summed E-state index contributed by atoms with van der Waals surface area (Å²) in [5, 5.41) is 3.88. The van der Waals surface area contributed by atoms with Gasteiger partial charge in [-0.25, -0.2) is 0 Å². The summed E-state index contributed by atoms with van der Waals surface area (Å²) in [6.45, 7) is 4.13. The van der Waals surface area contributed by atoms with Gasteiger partial charge in [-0.3, -0.25) is 10.1 Å². The number of hydrogen-bond donors (Lipinski definition) is 1.